The minimum Gasteiger partial charge on any atom is -0.479 e. The molecule has 1 aliphatic rings. The maximum Gasteiger partial charge on any atom is 0.334 e. The summed E-state index contributed by atoms with van der Waals surface area (Å²) in [6.45, 7) is 0.994. The number of rotatable bonds is 3. The molecule has 0 spiro atoms. The highest BCUT2D eigenvalue weighted by molar-refractivity contribution is 9.10. The van der Waals surface area contributed by atoms with Crippen LogP contribution in [0, 0.1) is 0 Å². The summed E-state index contributed by atoms with van der Waals surface area (Å²) in [5.41, 5.74) is 6.35. The first-order valence-corrected chi connectivity index (χ1v) is 6.47. The average Bonchev–Trinajstić information content (AvgIpc) is 2.38. The van der Waals surface area contributed by atoms with Gasteiger partial charge in [-0.05, 0) is 28.1 Å². The van der Waals surface area contributed by atoms with Crippen LogP contribution < -0.4 is 10.6 Å². The van der Waals surface area contributed by atoms with Crippen molar-refractivity contribution in [1.29, 1.82) is 0 Å². The predicted molar refractivity (Wildman–Crippen MR) is 72.2 cm³/mol. The molecular formula is C12H13BrN2O4. The van der Waals surface area contributed by atoms with Crippen molar-refractivity contribution in [3.05, 3.63) is 28.2 Å². The molecule has 3 N–H and O–H groups in total. The van der Waals surface area contributed by atoms with Crippen LogP contribution in [-0.4, -0.2) is 42.8 Å². The summed E-state index contributed by atoms with van der Waals surface area (Å²) in [6, 6.07) is 5.24. The lowest BCUT2D eigenvalue weighted by molar-refractivity contribution is -0.150. The Balaban J connectivity index is 2.34. The number of carbonyl (C=O) groups is 2. The largest absolute Gasteiger partial charge is 0.479 e. The van der Waals surface area contributed by atoms with Crippen LogP contribution in [0.15, 0.2) is 22.7 Å². The molecule has 1 unspecified atom stereocenters. The van der Waals surface area contributed by atoms with Crippen molar-refractivity contribution in [2.45, 2.75) is 6.10 Å². The van der Waals surface area contributed by atoms with Gasteiger partial charge in [0.2, 0.25) is 0 Å². The van der Waals surface area contributed by atoms with Gasteiger partial charge in [-0.1, -0.05) is 6.07 Å². The van der Waals surface area contributed by atoms with E-state index in [2.05, 4.69) is 15.9 Å². The number of aliphatic carboxylic acids is 1. The zero-order valence-corrected chi connectivity index (χ0v) is 11.6. The maximum absolute atomic E-state index is 11.5. The molecule has 0 aliphatic carbocycles. The first kappa shape index (κ1) is 13.8. The number of amides is 1. The Morgan fingerprint density at radius 1 is 1.47 bits per heavy atom. The molecule has 1 heterocycles. The number of hydrogen-bond donors (Lipinski definition) is 2. The molecule has 1 atom stereocenters. The summed E-state index contributed by atoms with van der Waals surface area (Å²) in [5, 5.41) is 8.98. The highest BCUT2D eigenvalue weighted by Gasteiger charge is 2.28. The number of nitrogens with two attached hydrogens (primary N) is 1. The summed E-state index contributed by atoms with van der Waals surface area (Å²) in [6.07, 6.45) is -0.895. The van der Waals surface area contributed by atoms with Crippen LogP contribution >= 0.6 is 15.9 Å². The number of benzene rings is 1. The zero-order chi connectivity index (χ0) is 14.0. The van der Waals surface area contributed by atoms with Gasteiger partial charge in [-0.25, -0.2) is 4.79 Å². The molecular weight excluding hydrogens is 316 g/mol. The van der Waals surface area contributed by atoms with Crippen molar-refractivity contribution in [1.82, 2.24) is 0 Å². The zero-order valence-electron chi connectivity index (χ0n) is 10.0. The minimum absolute atomic E-state index is 0.187. The van der Waals surface area contributed by atoms with E-state index in [1.54, 1.807) is 23.1 Å². The van der Waals surface area contributed by atoms with Crippen molar-refractivity contribution >= 4 is 33.5 Å². The van der Waals surface area contributed by atoms with Gasteiger partial charge < -0.3 is 20.5 Å². The number of nitrogens with zero attached hydrogens (tertiary/aromatic N) is 1. The van der Waals surface area contributed by atoms with Crippen LogP contribution in [-0.2, 0) is 9.53 Å². The van der Waals surface area contributed by atoms with E-state index in [1.165, 1.54) is 0 Å². The SMILES string of the molecule is NC(=O)c1c(Br)cccc1N1CCOC(C(=O)O)C1. The lowest BCUT2D eigenvalue weighted by Gasteiger charge is -2.33. The number of carbonyl (C=O) groups excluding carboxylic acids is 1. The average molecular weight is 329 g/mol. The smallest absolute Gasteiger partial charge is 0.334 e. The number of morpholine rings is 1. The first-order chi connectivity index (χ1) is 9.00. The fourth-order valence-electron chi connectivity index (χ4n) is 2.04. The Kier molecular flexibility index (Phi) is 4.06. The van der Waals surface area contributed by atoms with Gasteiger partial charge in [-0.15, -0.1) is 0 Å². The van der Waals surface area contributed by atoms with E-state index in [0.29, 0.717) is 28.9 Å². The number of hydrogen-bond acceptors (Lipinski definition) is 4. The molecule has 0 saturated carbocycles. The molecule has 0 aromatic heterocycles. The molecule has 1 fully saturated rings. The number of halogens is 1. The molecule has 0 bridgehead atoms. The molecule has 7 heteroatoms. The Labute approximate surface area is 118 Å². The standard InChI is InChI=1S/C12H13BrN2O4/c13-7-2-1-3-8(10(7)11(14)16)15-4-5-19-9(6-15)12(17)18/h1-3,9H,4-6H2,(H2,14,16)(H,17,18). The molecule has 0 radical (unpaired) electrons. The molecule has 1 aliphatic heterocycles. The van der Waals surface area contributed by atoms with Gasteiger partial charge in [-0.2, -0.15) is 0 Å². The molecule has 102 valence electrons. The topological polar surface area (TPSA) is 92.9 Å². The first-order valence-electron chi connectivity index (χ1n) is 5.68. The fourth-order valence-corrected chi connectivity index (χ4v) is 2.59. The molecule has 19 heavy (non-hydrogen) atoms. The van der Waals surface area contributed by atoms with Crippen LogP contribution in [0.3, 0.4) is 0 Å². The van der Waals surface area contributed by atoms with Crippen molar-refractivity contribution in [3.63, 3.8) is 0 Å². The maximum atomic E-state index is 11.5. The van der Waals surface area contributed by atoms with Crippen molar-refractivity contribution < 1.29 is 19.4 Å². The summed E-state index contributed by atoms with van der Waals surface area (Å²) >= 11 is 3.28. The van der Waals surface area contributed by atoms with E-state index in [1.807, 2.05) is 0 Å². The third kappa shape index (κ3) is 2.87. The van der Waals surface area contributed by atoms with Gasteiger partial charge in [0.15, 0.2) is 6.10 Å². The Bertz CT molecular complexity index is 520. The third-order valence-electron chi connectivity index (χ3n) is 2.92. The highest BCUT2D eigenvalue weighted by atomic mass is 79.9. The Hall–Kier alpha value is -1.60. The van der Waals surface area contributed by atoms with E-state index in [0.717, 1.165) is 0 Å². The monoisotopic (exact) mass is 328 g/mol. The Morgan fingerprint density at radius 2 is 2.21 bits per heavy atom. The quantitative estimate of drug-likeness (QED) is 0.857. The van der Waals surface area contributed by atoms with Crippen molar-refractivity contribution in [3.8, 4) is 0 Å². The molecule has 6 nitrogen and oxygen atoms in total. The van der Waals surface area contributed by atoms with Gasteiger partial charge in [0.1, 0.15) is 0 Å². The molecule has 1 amide bonds. The highest BCUT2D eigenvalue weighted by Crippen LogP contribution is 2.28. The minimum atomic E-state index is -1.01. The van der Waals surface area contributed by atoms with Crippen LogP contribution in [0.5, 0.6) is 0 Å². The van der Waals surface area contributed by atoms with E-state index in [9.17, 15) is 9.59 Å². The number of anilines is 1. The van der Waals surface area contributed by atoms with E-state index >= 15 is 0 Å². The summed E-state index contributed by atoms with van der Waals surface area (Å²) in [5.74, 6) is -1.57. The summed E-state index contributed by atoms with van der Waals surface area (Å²) in [7, 11) is 0. The second-order valence-corrected chi connectivity index (χ2v) is 5.00. The lowest BCUT2D eigenvalue weighted by Crippen LogP contribution is -2.46. The van der Waals surface area contributed by atoms with Crippen molar-refractivity contribution in [2.75, 3.05) is 24.6 Å². The summed E-state index contributed by atoms with van der Waals surface area (Å²) < 4.78 is 5.75. The lowest BCUT2D eigenvalue weighted by atomic mass is 10.1. The van der Waals surface area contributed by atoms with E-state index < -0.39 is 18.0 Å². The third-order valence-corrected chi connectivity index (χ3v) is 3.58. The van der Waals surface area contributed by atoms with Gasteiger partial charge in [0.25, 0.3) is 5.91 Å². The number of carboxylic acids is 1. The van der Waals surface area contributed by atoms with E-state index in [-0.39, 0.29) is 6.54 Å². The summed E-state index contributed by atoms with van der Waals surface area (Å²) in [4.78, 5) is 24.3. The second kappa shape index (κ2) is 5.58. The second-order valence-electron chi connectivity index (χ2n) is 4.14. The van der Waals surface area contributed by atoms with Gasteiger partial charge in [-0.3, -0.25) is 4.79 Å². The van der Waals surface area contributed by atoms with E-state index in [4.69, 9.17) is 15.6 Å². The normalized spacial score (nSPS) is 19.2. The van der Waals surface area contributed by atoms with Gasteiger partial charge in [0.05, 0.1) is 24.4 Å². The van der Waals surface area contributed by atoms with Crippen LogP contribution in [0.1, 0.15) is 10.4 Å². The predicted octanol–water partition coefficient (Wildman–Crippen LogP) is 0.838. The molecule has 2 rings (SSSR count). The Morgan fingerprint density at radius 3 is 2.84 bits per heavy atom. The number of ether oxygens (including phenoxy) is 1. The fraction of sp³-hybridized carbons (Fsp3) is 0.333. The number of primary amides is 1. The van der Waals surface area contributed by atoms with Crippen molar-refractivity contribution in [2.24, 2.45) is 5.73 Å². The van der Waals surface area contributed by atoms with Gasteiger partial charge in [0, 0.05) is 11.0 Å². The van der Waals surface area contributed by atoms with Crippen LogP contribution in [0.25, 0.3) is 0 Å². The van der Waals surface area contributed by atoms with Crippen LogP contribution in [0.4, 0.5) is 5.69 Å². The number of carboxylic acid groups (broad SMARTS) is 1. The van der Waals surface area contributed by atoms with Crippen LogP contribution in [0.2, 0.25) is 0 Å². The molecule has 1 saturated heterocycles. The molecule has 1 aromatic rings. The van der Waals surface area contributed by atoms with Gasteiger partial charge >= 0.3 is 5.97 Å². The molecule has 1 aromatic carbocycles.